The Morgan fingerprint density at radius 2 is 2.18 bits per heavy atom. The van der Waals surface area contributed by atoms with Crippen LogP contribution >= 0.6 is 0 Å². The quantitative estimate of drug-likeness (QED) is 0.872. The van der Waals surface area contributed by atoms with E-state index in [0.29, 0.717) is 5.92 Å². The van der Waals surface area contributed by atoms with Crippen LogP contribution in [0.3, 0.4) is 0 Å². The minimum absolute atomic E-state index is 0.0772. The van der Waals surface area contributed by atoms with Gasteiger partial charge >= 0.3 is 0 Å². The van der Waals surface area contributed by atoms with Gasteiger partial charge in [-0.15, -0.1) is 0 Å². The lowest BCUT2D eigenvalue weighted by atomic mass is 9.92. The van der Waals surface area contributed by atoms with Crippen molar-refractivity contribution in [2.45, 2.75) is 53.0 Å². The van der Waals surface area contributed by atoms with Gasteiger partial charge in [-0.05, 0) is 44.4 Å². The van der Waals surface area contributed by atoms with Gasteiger partial charge in [-0.3, -0.25) is 9.48 Å². The average Bonchev–Trinajstić information content (AvgIpc) is 2.77. The van der Waals surface area contributed by atoms with E-state index < -0.39 is 0 Å². The Hall–Kier alpha value is -1.58. The summed E-state index contributed by atoms with van der Waals surface area (Å²) in [6, 6.07) is 0.133. The summed E-state index contributed by atoms with van der Waals surface area (Å²) < 4.78 is 1.95. The van der Waals surface area contributed by atoms with E-state index in [1.165, 1.54) is 16.8 Å². The number of carbonyl (C=O) groups is 1. The molecule has 0 aliphatic heterocycles. The zero-order valence-electron chi connectivity index (χ0n) is 14.3. The molecule has 2 aliphatic rings. The molecule has 1 saturated carbocycles. The Labute approximate surface area is 133 Å². The largest absolute Gasteiger partial charge is 0.349 e. The van der Waals surface area contributed by atoms with E-state index in [2.05, 4.69) is 44.2 Å². The molecule has 0 aromatic carbocycles. The summed E-state index contributed by atoms with van der Waals surface area (Å²) in [7, 11) is 1.98. The SMILES string of the molecule is CC(C)=C[C@@H]1[C@H](C(=O)N[C@@H]2CCCc3c2cnn3C)C1(C)C. The second-order valence-corrected chi connectivity index (χ2v) is 7.69. The molecule has 0 spiro atoms. The fraction of sp³-hybridized carbons (Fsp3) is 0.667. The standard InChI is InChI=1S/C18H27N3O/c1-11(2)9-13-16(18(13,3)4)17(22)20-14-7-6-8-15-12(14)10-19-21(15)5/h9-10,13-14,16H,6-8H2,1-5H3,(H,20,22)/t13-,14-,16-/m1/s1. The first-order valence-electron chi connectivity index (χ1n) is 8.28. The van der Waals surface area contributed by atoms with Crippen molar-refractivity contribution in [2.24, 2.45) is 24.3 Å². The summed E-state index contributed by atoms with van der Waals surface area (Å²) >= 11 is 0. The van der Waals surface area contributed by atoms with Crippen molar-refractivity contribution in [3.8, 4) is 0 Å². The highest BCUT2D eigenvalue weighted by Gasteiger charge is 2.60. The maximum atomic E-state index is 12.7. The molecule has 3 rings (SSSR count). The van der Waals surface area contributed by atoms with Gasteiger partial charge in [-0.1, -0.05) is 25.5 Å². The summed E-state index contributed by atoms with van der Waals surface area (Å²) in [6.45, 7) is 8.59. The molecule has 1 N–H and O–H groups in total. The fourth-order valence-corrected chi connectivity index (χ4v) is 3.97. The van der Waals surface area contributed by atoms with Crippen LogP contribution in [-0.2, 0) is 18.3 Å². The molecule has 1 amide bonds. The highest BCUT2D eigenvalue weighted by Crippen LogP contribution is 2.59. The zero-order valence-corrected chi connectivity index (χ0v) is 14.3. The van der Waals surface area contributed by atoms with Gasteiger partial charge in [0, 0.05) is 18.3 Å². The highest BCUT2D eigenvalue weighted by atomic mass is 16.2. The van der Waals surface area contributed by atoms with E-state index in [0.717, 1.165) is 19.3 Å². The molecule has 22 heavy (non-hydrogen) atoms. The summed E-state index contributed by atoms with van der Waals surface area (Å²) in [5.74, 6) is 0.674. The van der Waals surface area contributed by atoms with Crippen LogP contribution in [0.25, 0.3) is 0 Å². The van der Waals surface area contributed by atoms with Gasteiger partial charge in [0.2, 0.25) is 5.91 Å². The first-order valence-corrected chi connectivity index (χ1v) is 8.28. The van der Waals surface area contributed by atoms with Crippen LogP contribution in [0.2, 0.25) is 0 Å². The third-order valence-electron chi connectivity index (χ3n) is 5.40. The minimum Gasteiger partial charge on any atom is -0.349 e. The lowest BCUT2D eigenvalue weighted by Crippen LogP contribution is -2.33. The monoisotopic (exact) mass is 301 g/mol. The lowest BCUT2D eigenvalue weighted by Gasteiger charge is -2.24. The Bertz CT molecular complexity index is 622. The van der Waals surface area contributed by atoms with Crippen LogP contribution in [0.4, 0.5) is 0 Å². The van der Waals surface area contributed by atoms with Crippen LogP contribution in [0.5, 0.6) is 0 Å². The predicted octanol–water partition coefficient (Wildman–Crippen LogP) is 3.15. The number of nitrogens with zero attached hydrogens (tertiary/aromatic N) is 2. The molecule has 4 heteroatoms. The van der Waals surface area contributed by atoms with Crippen molar-refractivity contribution >= 4 is 5.91 Å². The summed E-state index contributed by atoms with van der Waals surface area (Å²) in [5, 5.41) is 7.64. The van der Waals surface area contributed by atoms with Crippen LogP contribution < -0.4 is 5.32 Å². The number of allylic oxidation sites excluding steroid dienone is 2. The van der Waals surface area contributed by atoms with Gasteiger partial charge in [0.1, 0.15) is 0 Å². The Morgan fingerprint density at radius 3 is 2.86 bits per heavy atom. The maximum Gasteiger partial charge on any atom is 0.224 e. The smallest absolute Gasteiger partial charge is 0.224 e. The van der Waals surface area contributed by atoms with Gasteiger partial charge in [-0.2, -0.15) is 5.10 Å². The first kappa shape index (κ1) is 15.3. The highest BCUT2D eigenvalue weighted by molar-refractivity contribution is 5.84. The number of carbonyl (C=O) groups excluding carboxylic acids is 1. The third kappa shape index (κ3) is 2.49. The van der Waals surface area contributed by atoms with E-state index in [1.54, 1.807) is 0 Å². The normalized spacial score (nSPS) is 28.7. The topological polar surface area (TPSA) is 46.9 Å². The number of rotatable bonds is 3. The molecule has 4 nitrogen and oxygen atoms in total. The van der Waals surface area contributed by atoms with Gasteiger partial charge in [0.05, 0.1) is 18.2 Å². The molecule has 3 atom stereocenters. The molecule has 1 heterocycles. The summed E-state index contributed by atoms with van der Waals surface area (Å²) in [5.41, 5.74) is 3.85. The number of aromatic nitrogens is 2. The van der Waals surface area contributed by atoms with Crippen molar-refractivity contribution in [3.63, 3.8) is 0 Å². The molecule has 1 aromatic heterocycles. The summed E-state index contributed by atoms with van der Waals surface area (Å²) in [4.78, 5) is 12.7. The third-order valence-corrected chi connectivity index (χ3v) is 5.40. The van der Waals surface area contributed by atoms with Crippen LogP contribution in [0, 0.1) is 17.3 Å². The Balaban J connectivity index is 1.73. The van der Waals surface area contributed by atoms with Gasteiger partial charge in [0.15, 0.2) is 0 Å². The summed E-state index contributed by atoms with van der Waals surface area (Å²) in [6.07, 6.45) is 7.37. The van der Waals surface area contributed by atoms with Crippen LogP contribution in [-0.4, -0.2) is 15.7 Å². The molecular weight excluding hydrogens is 274 g/mol. The van der Waals surface area contributed by atoms with Gasteiger partial charge in [-0.25, -0.2) is 0 Å². The predicted molar refractivity (Wildman–Crippen MR) is 87.2 cm³/mol. The van der Waals surface area contributed by atoms with Crippen LogP contribution in [0.15, 0.2) is 17.8 Å². The number of hydrogen-bond donors (Lipinski definition) is 1. The fourth-order valence-electron chi connectivity index (χ4n) is 3.97. The molecular formula is C18H27N3O. The van der Waals surface area contributed by atoms with Crippen molar-refractivity contribution in [3.05, 3.63) is 29.1 Å². The van der Waals surface area contributed by atoms with Gasteiger partial charge in [0.25, 0.3) is 0 Å². The number of amides is 1. The van der Waals surface area contributed by atoms with Crippen molar-refractivity contribution in [2.75, 3.05) is 0 Å². The van der Waals surface area contributed by atoms with Crippen LogP contribution in [0.1, 0.15) is 57.8 Å². The zero-order chi connectivity index (χ0) is 16.1. The minimum atomic E-state index is 0.0772. The second-order valence-electron chi connectivity index (χ2n) is 7.69. The van der Waals surface area contributed by atoms with E-state index in [1.807, 2.05) is 17.9 Å². The van der Waals surface area contributed by atoms with Crippen molar-refractivity contribution in [1.29, 1.82) is 0 Å². The van der Waals surface area contributed by atoms with Crippen molar-refractivity contribution < 1.29 is 4.79 Å². The lowest BCUT2D eigenvalue weighted by molar-refractivity contribution is -0.124. The molecule has 1 aromatic rings. The molecule has 1 fully saturated rings. The first-order chi connectivity index (χ1) is 10.3. The molecule has 0 radical (unpaired) electrons. The second kappa shape index (κ2) is 5.25. The average molecular weight is 301 g/mol. The number of fused-ring (bicyclic) bond motifs is 1. The van der Waals surface area contributed by atoms with E-state index in [-0.39, 0.29) is 23.3 Å². The molecule has 0 unspecified atom stereocenters. The Morgan fingerprint density at radius 1 is 1.45 bits per heavy atom. The molecule has 120 valence electrons. The number of aryl methyl sites for hydroxylation is 1. The number of nitrogens with one attached hydrogen (secondary N) is 1. The van der Waals surface area contributed by atoms with E-state index in [4.69, 9.17) is 0 Å². The van der Waals surface area contributed by atoms with Gasteiger partial charge < -0.3 is 5.32 Å². The van der Waals surface area contributed by atoms with E-state index >= 15 is 0 Å². The maximum absolute atomic E-state index is 12.7. The van der Waals surface area contributed by atoms with E-state index in [9.17, 15) is 4.79 Å². The Kier molecular flexibility index (Phi) is 3.66. The molecule has 0 saturated heterocycles. The van der Waals surface area contributed by atoms with Crippen molar-refractivity contribution in [1.82, 2.24) is 15.1 Å². The number of hydrogen-bond acceptors (Lipinski definition) is 2. The molecule has 0 bridgehead atoms. The molecule has 2 aliphatic carbocycles.